The molecule has 0 amide bonds. The Hall–Kier alpha value is -0.870. The molecule has 4 nitrogen and oxygen atoms in total. The highest BCUT2D eigenvalue weighted by atomic mass is 15.2. The molecular weight excluding hydrogens is 212 g/mol. The van der Waals surface area contributed by atoms with E-state index in [0.717, 1.165) is 19.6 Å². The summed E-state index contributed by atoms with van der Waals surface area (Å²) in [6.07, 6.45) is 7.87. The van der Waals surface area contributed by atoms with Crippen LogP contribution in [-0.2, 0) is 13.1 Å². The van der Waals surface area contributed by atoms with Crippen molar-refractivity contribution in [2.75, 3.05) is 20.6 Å². The van der Waals surface area contributed by atoms with E-state index in [1.807, 2.05) is 12.5 Å². The number of hydrogen-bond acceptors (Lipinski definition) is 3. The minimum atomic E-state index is 0.400. The minimum Gasteiger partial charge on any atom is -0.334 e. The molecule has 1 aromatic rings. The fourth-order valence-corrected chi connectivity index (χ4v) is 2.57. The SMILES string of the molecule is CCn1cncc1CNCC1(N(C)C)CCC1. The number of aryl methyl sites for hydroxylation is 1. The zero-order chi connectivity index (χ0) is 12.3. The number of imidazole rings is 1. The van der Waals surface area contributed by atoms with Crippen LogP contribution < -0.4 is 5.32 Å². The van der Waals surface area contributed by atoms with Crippen LogP contribution in [0.1, 0.15) is 31.9 Å². The topological polar surface area (TPSA) is 33.1 Å². The van der Waals surface area contributed by atoms with Crippen LogP contribution in [-0.4, -0.2) is 40.6 Å². The lowest BCUT2D eigenvalue weighted by atomic mass is 9.75. The minimum absolute atomic E-state index is 0.400. The second-order valence-corrected chi connectivity index (χ2v) is 5.25. The van der Waals surface area contributed by atoms with Crippen LogP contribution in [0.2, 0.25) is 0 Å². The van der Waals surface area contributed by atoms with E-state index < -0.39 is 0 Å². The molecule has 17 heavy (non-hydrogen) atoms. The van der Waals surface area contributed by atoms with Crippen molar-refractivity contribution in [3.63, 3.8) is 0 Å². The van der Waals surface area contributed by atoms with E-state index in [1.165, 1.54) is 25.0 Å². The average molecular weight is 236 g/mol. The van der Waals surface area contributed by atoms with Gasteiger partial charge in [0.25, 0.3) is 0 Å². The molecule has 0 radical (unpaired) electrons. The number of nitrogens with zero attached hydrogens (tertiary/aromatic N) is 3. The maximum atomic E-state index is 4.19. The van der Waals surface area contributed by atoms with E-state index >= 15 is 0 Å². The standard InChI is InChI=1S/C13H24N4/c1-4-17-11-15-9-12(17)8-14-10-13(16(2)3)6-5-7-13/h9,11,14H,4-8,10H2,1-3H3. The van der Waals surface area contributed by atoms with Crippen LogP contribution in [0.3, 0.4) is 0 Å². The predicted molar refractivity (Wildman–Crippen MR) is 69.9 cm³/mol. The van der Waals surface area contributed by atoms with Gasteiger partial charge in [-0.05, 0) is 40.3 Å². The van der Waals surface area contributed by atoms with Crippen molar-refractivity contribution in [1.82, 2.24) is 19.8 Å². The molecule has 0 spiro atoms. The third-order valence-electron chi connectivity index (χ3n) is 4.13. The summed E-state index contributed by atoms with van der Waals surface area (Å²) in [6, 6.07) is 0. The van der Waals surface area contributed by atoms with Crippen molar-refractivity contribution in [2.24, 2.45) is 0 Å². The van der Waals surface area contributed by atoms with Gasteiger partial charge < -0.3 is 14.8 Å². The first-order valence-electron chi connectivity index (χ1n) is 6.55. The summed E-state index contributed by atoms with van der Waals surface area (Å²) in [6.45, 7) is 5.15. The summed E-state index contributed by atoms with van der Waals surface area (Å²) >= 11 is 0. The Morgan fingerprint density at radius 3 is 2.76 bits per heavy atom. The fourth-order valence-electron chi connectivity index (χ4n) is 2.57. The van der Waals surface area contributed by atoms with E-state index in [0.29, 0.717) is 5.54 Å². The number of nitrogens with one attached hydrogen (secondary N) is 1. The lowest BCUT2D eigenvalue weighted by molar-refractivity contribution is 0.0596. The van der Waals surface area contributed by atoms with Gasteiger partial charge in [0.05, 0.1) is 12.0 Å². The molecule has 0 aliphatic heterocycles. The van der Waals surface area contributed by atoms with Gasteiger partial charge in [-0.1, -0.05) is 0 Å². The summed E-state index contributed by atoms with van der Waals surface area (Å²) in [5, 5.41) is 3.58. The maximum absolute atomic E-state index is 4.19. The first-order chi connectivity index (χ1) is 8.18. The Bertz CT molecular complexity index is 352. The molecule has 0 saturated heterocycles. The van der Waals surface area contributed by atoms with E-state index in [1.54, 1.807) is 0 Å². The van der Waals surface area contributed by atoms with Gasteiger partial charge in [-0.25, -0.2) is 4.98 Å². The molecule has 1 saturated carbocycles. The van der Waals surface area contributed by atoms with E-state index in [2.05, 4.69) is 40.8 Å². The van der Waals surface area contributed by atoms with Crippen molar-refractivity contribution in [3.8, 4) is 0 Å². The Balaban J connectivity index is 1.83. The smallest absolute Gasteiger partial charge is 0.0948 e. The molecule has 1 fully saturated rings. The third-order valence-corrected chi connectivity index (χ3v) is 4.13. The fraction of sp³-hybridized carbons (Fsp3) is 0.769. The molecule has 0 atom stereocenters. The highest BCUT2D eigenvalue weighted by molar-refractivity contribution is 5.01. The average Bonchev–Trinajstić information content (AvgIpc) is 2.68. The molecule has 0 unspecified atom stereocenters. The predicted octanol–water partition coefficient (Wildman–Crippen LogP) is 1.48. The van der Waals surface area contributed by atoms with Crippen molar-refractivity contribution in [3.05, 3.63) is 18.2 Å². The maximum Gasteiger partial charge on any atom is 0.0948 e. The van der Waals surface area contributed by atoms with E-state index in [-0.39, 0.29) is 0 Å². The van der Waals surface area contributed by atoms with Gasteiger partial charge in [-0.15, -0.1) is 0 Å². The molecule has 1 aliphatic carbocycles. The highest BCUT2D eigenvalue weighted by Gasteiger charge is 2.38. The summed E-state index contributed by atoms with van der Waals surface area (Å²) in [7, 11) is 4.38. The van der Waals surface area contributed by atoms with Crippen LogP contribution in [0.15, 0.2) is 12.5 Å². The van der Waals surface area contributed by atoms with Crippen LogP contribution in [0, 0.1) is 0 Å². The van der Waals surface area contributed by atoms with Crippen molar-refractivity contribution in [2.45, 2.75) is 44.8 Å². The van der Waals surface area contributed by atoms with Gasteiger partial charge in [0.15, 0.2) is 0 Å². The quantitative estimate of drug-likeness (QED) is 0.812. The molecule has 1 aliphatic rings. The number of rotatable bonds is 6. The second kappa shape index (κ2) is 5.19. The Morgan fingerprint density at radius 1 is 1.47 bits per heavy atom. The Kier molecular flexibility index (Phi) is 3.84. The number of likely N-dealkylation sites (N-methyl/N-ethyl adjacent to an activating group) is 1. The number of aromatic nitrogens is 2. The molecular formula is C13H24N4. The van der Waals surface area contributed by atoms with Gasteiger partial charge >= 0.3 is 0 Å². The van der Waals surface area contributed by atoms with Crippen LogP contribution in [0.25, 0.3) is 0 Å². The third kappa shape index (κ3) is 2.53. The van der Waals surface area contributed by atoms with Gasteiger partial charge in [0.1, 0.15) is 0 Å². The van der Waals surface area contributed by atoms with Crippen LogP contribution in [0.4, 0.5) is 0 Å². The first-order valence-corrected chi connectivity index (χ1v) is 6.55. The summed E-state index contributed by atoms with van der Waals surface area (Å²) in [5.41, 5.74) is 1.68. The van der Waals surface area contributed by atoms with Gasteiger partial charge in [0, 0.05) is 31.4 Å². The Morgan fingerprint density at radius 2 is 2.24 bits per heavy atom. The van der Waals surface area contributed by atoms with Crippen LogP contribution in [0.5, 0.6) is 0 Å². The zero-order valence-electron chi connectivity index (χ0n) is 11.2. The summed E-state index contributed by atoms with van der Waals surface area (Å²) in [4.78, 5) is 6.57. The lowest BCUT2D eigenvalue weighted by Crippen LogP contribution is -2.56. The molecule has 1 N–H and O–H groups in total. The van der Waals surface area contributed by atoms with Crippen molar-refractivity contribution >= 4 is 0 Å². The first kappa shape index (κ1) is 12.6. The molecule has 0 bridgehead atoms. The normalized spacial score (nSPS) is 18.4. The summed E-state index contributed by atoms with van der Waals surface area (Å²) in [5.74, 6) is 0. The monoisotopic (exact) mass is 236 g/mol. The van der Waals surface area contributed by atoms with E-state index in [9.17, 15) is 0 Å². The van der Waals surface area contributed by atoms with Crippen molar-refractivity contribution in [1.29, 1.82) is 0 Å². The lowest BCUT2D eigenvalue weighted by Gasteiger charge is -2.47. The molecule has 2 rings (SSSR count). The zero-order valence-corrected chi connectivity index (χ0v) is 11.2. The largest absolute Gasteiger partial charge is 0.334 e. The van der Waals surface area contributed by atoms with Gasteiger partial charge in [-0.3, -0.25) is 0 Å². The number of hydrogen-bond donors (Lipinski definition) is 1. The molecule has 0 aromatic carbocycles. The summed E-state index contributed by atoms with van der Waals surface area (Å²) < 4.78 is 2.19. The Labute approximate surface area is 104 Å². The molecule has 96 valence electrons. The van der Waals surface area contributed by atoms with Crippen molar-refractivity contribution < 1.29 is 0 Å². The second-order valence-electron chi connectivity index (χ2n) is 5.25. The van der Waals surface area contributed by atoms with Gasteiger partial charge in [-0.2, -0.15) is 0 Å². The molecule has 4 heteroatoms. The van der Waals surface area contributed by atoms with Gasteiger partial charge in [0.2, 0.25) is 0 Å². The highest BCUT2D eigenvalue weighted by Crippen LogP contribution is 2.35. The van der Waals surface area contributed by atoms with E-state index in [4.69, 9.17) is 0 Å². The molecule has 1 heterocycles. The van der Waals surface area contributed by atoms with Crippen LogP contribution >= 0.6 is 0 Å². The molecule has 1 aromatic heterocycles.